The van der Waals surface area contributed by atoms with Crippen molar-refractivity contribution in [2.75, 3.05) is 0 Å². The minimum atomic E-state index is -0.355. The van der Waals surface area contributed by atoms with Gasteiger partial charge in [0, 0.05) is 5.57 Å². The fourth-order valence-electron chi connectivity index (χ4n) is 2.24. The average molecular weight is 260 g/mol. The van der Waals surface area contributed by atoms with E-state index in [1.165, 1.54) is 6.07 Å². The highest BCUT2D eigenvalue weighted by Crippen LogP contribution is 2.27. The van der Waals surface area contributed by atoms with Gasteiger partial charge in [0.15, 0.2) is 0 Å². The van der Waals surface area contributed by atoms with Crippen molar-refractivity contribution in [2.45, 2.75) is 6.42 Å². The first kappa shape index (κ1) is 12.3. The van der Waals surface area contributed by atoms with Gasteiger partial charge < -0.3 is 5.11 Å². The smallest absolute Gasteiger partial charge is 0.240 e. The van der Waals surface area contributed by atoms with E-state index in [1.54, 1.807) is 6.07 Å². The van der Waals surface area contributed by atoms with Crippen molar-refractivity contribution in [2.24, 2.45) is 0 Å². The van der Waals surface area contributed by atoms with Crippen LogP contribution >= 0.6 is 0 Å². The first-order chi connectivity index (χ1) is 9.75. The number of benzene rings is 2. The van der Waals surface area contributed by atoms with Crippen LogP contribution in [-0.4, -0.2) is 10.9 Å². The summed E-state index contributed by atoms with van der Waals surface area (Å²) in [5.41, 5.74) is 1.19. The van der Waals surface area contributed by atoms with E-state index in [9.17, 15) is 9.90 Å². The molecule has 0 bridgehead atoms. The van der Waals surface area contributed by atoms with Crippen molar-refractivity contribution in [1.82, 2.24) is 0 Å². The molecule has 0 aliphatic heterocycles. The SMILES string of the molecule is O=C(C#CC1=CC=CC1)c1c(O)ccc2ccccc12. The molecule has 0 heterocycles. The molecule has 0 fully saturated rings. The molecule has 1 aliphatic carbocycles. The Kier molecular flexibility index (Phi) is 3.10. The summed E-state index contributed by atoms with van der Waals surface area (Å²) in [6, 6.07) is 10.8. The quantitative estimate of drug-likeness (QED) is 0.483. The molecule has 96 valence electrons. The van der Waals surface area contributed by atoms with E-state index < -0.39 is 0 Å². The summed E-state index contributed by atoms with van der Waals surface area (Å²) in [5, 5.41) is 11.6. The minimum absolute atomic E-state index is 0.0264. The molecule has 0 aromatic heterocycles. The largest absolute Gasteiger partial charge is 0.507 e. The zero-order valence-electron chi connectivity index (χ0n) is 10.8. The lowest BCUT2D eigenvalue weighted by atomic mass is 10.0. The Balaban J connectivity index is 2.05. The maximum atomic E-state index is 12.3. The van der Waals surface area contributed by atoms with Gasteiger partial charge in [-0.25, -0.2) is 0 Å². The topological polar surface area (TPSA) is 37.3 Å². The van der Waals surface area contributed by atoms with Gasteiger partial charge in [0.25, 0.3) is 0 Å². The molecule has 0 saturated heterocycles. The number of allylic oxidation sites excluding steroid dienone is 4. The summed E-state index contributed by atoms with van der Waals surface area (Å²) < 4.78 is 0. The molecule has 0 atom stereocenters. The van der Waals surface area contributed by atoms with Crippen LogP contribution in [0.1, 0.15) is 16.8 Å². The number of fused-ring (bicyclic) bond motifs is 1. The molecule has 0 unspecified atom stereocenters. The molecule has 0 spiro atoms. The van der Waals surface area contributed by atoms with Crippen LogP contribution in [-0.2, 0) is 0 Å². The maximum absolute atomic E-state index is 12.3. The normalized spacial score (nSPS) is 12.9. The zero-order valence-corrected chi connectivity index (χ0v) is 10.8. The van der Waals surface area contributed by atoms with E-state index in [2.05, 4.69) is 11.8 Å². The molecule has 2 heteroatoms. The second-order valence-electron chi connectivity index (χ2n) is 4.58. The minimum Gasteiger partial charge on any atom is -0.507 e. The predicted molar refractivity (Wildman–Crippen MR) is 79.6 cm³/mol. The lowest BCUT2D eigenvalue weighted by Gasteiger charge is -2.04. The molecule has 20 heavy (non-hydrogen) atoms. The van der Waals surface area contributed by atoms with Crippen molar-refractivity contribution in [1.29, 1.82) is 0 Å². The molecule has 1 aliphatic rings. The van der Waals surface area contributed by atoms with E-state index >= 15 is 0 Å². The van der Waals surface area contributed by atoms with E-state index in [-0.39, 0.29) is 17.1 Å². The summed E-state index contributed by atoms with van der Waals surface area (Å²) in [6.07, 6.45) is 6.57. The van der Waals surface area contributed by atoms with Crippen LogP contribution in [0.5, 0.6) is 5.75 Å². The maximum Gasteiger partial charge on any atom is 0.240 e. The van der Waals surface area contributed by atoms with Crippen molar-refractivity contribution in [3.8, 4) is 17.6 Å². The van der Waals surface area contributed by atoms with E-state index in [0.29, 0.717) is 0 Å². The van der Waals surface area contributed by atoms with Crippen LogP contribution in [0.25, 0.3) is 10.8 Å². The van der Waals surface area contributed by atoms with Gasteiger partial charge in [-0.15, -0.1) is 0 Å². The third-order valence-corrected chi connectivity index (χ3v) is 3.24. The summed E-state index contributed by atoms with van der Waals surface area (Å²) in [6.45, 7) is 0. The predicted octanol–water partition coefficient (Wildman–Crippen LogP) is 3.62. The van der Waals surface area contributed by atoms with Crippen molar-refractivity contribution >= 4 is 16.6 Å². The van der Waals surface area contributed by atoms with Crippen molar-refractivity contribution in [3.05, 3.63) is 65.8 Å². The van der Waals surface area contributed by atoms with E-state index in [0.717, 1.165) is 22.8 Å². The van der Waals surface area contributed by atoms with Crippen LogP contribution in [0.2, 0.25) is 0 Å². The fourth-order valence-corrected chi connectivity index (χ4v) is 2.24. The summed E-state index contributed by atoms with van der Waals surface area (Å²) >= 11 is 0. The Hall–Kier alpha value is -2.79. The molecule has 0 amide bonds. The number of carbonyl (C=O) groups is 1. The average Bonchev–Trinajstić information content (AvgIpc) is 2.98. The Morgan fingerprint density at radius 3 is 2.80 bits per heavy atom. The molecular formula is C18H12O2. The van der Waals surface area contributed by atoms with E-state index in [4.69, 9.17) is 0 Å². The van der Waals surface area contributed by atoms with Crippen molar-refractivity contribution in [3.63, 3.8) is 0 Å². The van der Waals surface area contributed by atoms with Gasteiger partial charge in [-0.3, -0.25) is 4.79 Å². The summed E-state index contributed by atoms with van der Waals surface area (Å²) in [5.74, 6) is 5.10. The standard InChI is InChI=1S/C18H12O2/c19-16(11-9-13-5-1-2-6-13)18-15-8-4-3-7-14(15)10-12-17(18)20/h1-5,7-8,10,12,20H,6H2. The first-order valence-corrected chi connectivity index (χ1v) is 6.38. The number of rotatable bonds is 1. The Bertz CT molecular complexity index is 814. The first-order valence-electron chi connectivity index (χ1n) is 6.38. The number of hydrogen-bond donors (Lipinski definition) is 1. The monoisotopic (exact) mass is 260 g/mol. The molecule has 0 radical (unpaired) electrons. The number of ketones is 1. The number of hydrogen-bond acceptors (Lipinski definition) is 2. The second kappa shape index (κ2) is 5.07. The van der Waals surface area contributed by atoms with Crippen LogP contribution in [0.3, 0.4) is 0 Å². The number of Topliss-reactive ketones (excluding diaryl/α,β-unsaturated/α-hetero) is 1. The molecular weight excluding hydrogens is 248 g/mol. The molecule has 2 aromatic rings. The van der Waals surface area contributed by atoms with Gasteiger partial charge in [-0.1, -0.05) is 54.5 Å². The molecule has 3 rings (SSSR count). The number of phenols is 1. The molecule has 2 nitrogen and oxygen atoms in total. The van der Waals surface area contributed by atoms with E-state index in [1.807, 2.05) is 42.5 Å². The Morgan fingerprint density at radius 2 is 2.00 bits per heavy atom. The van der Waals surface area contributed by atoms with Gasteiger partial charge in [0.1, 0.15) is 5.75 Å². The van der Waals surface area contributed by atoms with Crippen LogP contribution < -0.4 is 0 Å². The Morgan fingerprint density at radius 1 is 1.15 bits per heavy atom. The third-order valence-electron chi connectivity index (χ3n) is 3.24. The lowest BCUT2D eigenvalue weighted by Crippen LogP contribution is -1.97. The molecule has 0 saturated carbocycles. The second-order valence-corrected chi connectivity index (χ2v) is 4.58. The van der Waals surface area contributed by atoms with Gasteiger partial charge in [0.2, 0.25) is 5.78 Å². The molecule has 2 aromatic carbocycles. The van der Waals surface area contributed by atoms with Crippen molar-refractivity contribution < 1.29 is 9.90 Å². The fraction of sp³-hybridized carbons (Fsp3) is 0.0556. The highest BCUT2D eigenvalue weighted by molar-refractivity contribution is 6.18. The highest BCUT2D eigenvalue weighted by Gasteiger charge is 2.13. The van der Waals surface area contributed by atoms with Crippen LogP contribution in [0.4, 0.5) is 0 Å². The third kappa shape index (κ3) is 2.22. The highest BCUT2D eigenvalue weighted by atomic mass is 16.3. The number of aromatic hydroxyl groups is 1. The van der Waals surface area contributed by atoms with Gasteiger partial charge in [0.05, 0.1) is 5.56 Å². The van der Waals surface area contributed by atoms with Crippen LogP contribution in [0.15, 0.2) is 60.2 Å². The van der Waals surface area contributed by atoms with Gasteiger partial charge in [-0.05, 0) is 29.2 Å². The molecule has 1 N–H and O–H groups in total. The summed E-state index contributed by atoms with van der Waals surface area (Å²) in [7, 11) is 0. The van der Waals surface area contributed by atoms with Gasteiger partial charge in [-0.2, -0.15) is 0 Å². The van der Waals surface area contributed by atoms with Gasteiger partial charge >= 0.3 is 0 Å². The lowest BCUT2D eigenvalue weighted by molar-refractivity contribution is 0.105. The van der Waals surface area contributed by atoms with Crippen LogP contribution in [0, 0.1) is 11.8 Å². The number of carbonyl (C=O) groups excluding carboxylic acids is 1. The zero-order chi connectivity index (χ0) is 13.9. The Labute approximate surface area is 117 Å². The number of phenolic OH excluding ortho intramolecular Hbond substituents is 1. The summed E-state index contributed by atoms with van der Waals surface area (Å²) in [4.78, 5) is 12.3.